The Hall–Kier alpha value is -4.13. The summed E-state index contributed by atoms with van der Waals surface area (Å²) in [5, 5.41) is 9.12. The number of hydrogen-bond acceptors (Lipinski definition) is 8. The number of benzene rings is 2. The largest absolute Gasteiger partial charge is 0.379 e. The predicted molar refractivity (Wildman–Crippen MR) is 226 cm³/mol. The van der Waals surface area contributed by atoms with Gasteiger partial charge in [-0.25, -0.2) is 0 Å². The number of carbonyl (C=O) groups excluding carboxylic acids is 5. The molecule has 2 aliphatic heterocycles. The summed E-state index contributed by atoms with van der Waals surface area (Å²) >= 11 is 0. The molecular formula is C46H69N5O7. The zero-order valence-corrected chi connectivity index (χ0v) is 36.1. The van der Waals surface area contributed by atoms with E-state index in [2.05, 4.69) is 29.8 Å². The molecule has 2 fully saturated rings. The summed E-state index contributed by atoms with van der Waals surface area (Å²) in [4.78, 5) is 75.2. The molecular weight excluding hydrogens is 735 g/mol. The summed E-state index contributed by atoms with van der Waals surface area (Å²) in [5.41, 5.74) is 0.931. The Balaban J connectivity index is 1.68. The van der Waals surface area contributed by atoms with Gasteiger partial charge in [-0.05, 0) is 74.8 Å². The molecule has 2 aromatic rings. The van der Waals surface area contributed by atoms with Gasteiger partial charge < -0.3 is 30.3 Å². The molecule has 0 spiro atoms. The second-order valence-corrected chi connectivity index (χ2v) is 17.7. The summed E-state index contributed by atoms with van der Waals surface area (Å²) in [7, 11) is 0. The second kappa shape index (κ2) is 22.3. The van der Waals surface area contributed by atoms with Crippen molar-refractivity contribution >= 4 is 29.4 Å². The Morgan fingerprint density at radius 1 is 0.707 bits per heavy atom. The van der Waals surface area contributed by atoms with Crippen LogP contribution in [-0.4, -0.2) is 114 Å². The third kappa shape index (κ3) is 14.6. The first-order chi connectivity index (χ1) is 27.6. The van der Waals surface area contributed by atoms with E-state index in [1.165, 1.54) is 0 Å². The number of aryl methyl sites for hydroxylation is 1. The second-order valence-electron chi connectivity index (χ2n) is 17.7. The van der Waals surface area contributed by atoms with Crippen molar-refractivity contribution in [3.05, 3.63) is 71.8 Å². The molecule has 12 heteroatoms. The van der Waals surface area contributed by atoms with E-state index in [1.54, 1.807) is 11.8 Å². The summed E-state index contributed by atoms with van der Waals surface area (Å²) < 4.78 is 10.9. The van der Waals surface area contributed by atoms with E-state index in [0.717, 1.165) is 11.1 Å². The molecule has 2 saturated heterocycles. The van der Waals surface area contributed by atoms with E-state index < -0.39 is 41.6 Å². The fourth-order valence-corrected chi connectivity index (χ4v) is 7.78. The van der Waals surface area contributed by atoms with Crippen LogP contribution in [0.25, 0.3) is 0 Å². The number of amides is 4. The van der Waals surface area contributed by atoms with Gasteiger partial charge in [0.2, 0.25) is 23.6 Å². The van der Waals surface area contributed by atoms with Crippen molar-refractivity contribution in [1.82, 2.24) is 25.8 Å². The van der Waals surface area contributed by atoms with E-state index in [1.807, 2.05) is 100 Å². The van der Waals surface area contributed by atoms with Crippen LogP contribution in [0.4, 0.5) is 0 Å². The van der Waals surface area contributed by atoms with Crippen LogP contribution in [0, 0.1) is 17.8 Å². The van der Waals surface area contributed by atoms with Crippen LogP contribution in [-0.2, 0) is 46.3 Å². The standard InChI is InChI=1S/C46H69N5O7/c1-31(2)25-34(7)51(45(56)37(20-19-35-15-11-9-12-16-35)47-41(52)29-50-21-23-57-24-22-50)40(27-33(5)6)44(55)49-39(28-36-17-13-10-14-18-36)43(54)48-38(26-32(3)4)42(53)46(8)30-58-46/h9-18,31-34,37-40H,19-30H2,1-8H3,(H,47,52)(H,48,54)(H,49,55)/t34-,37-,38-,39-,40-,46+/m0/s1. The first-order valence-electron chi connectivity index (χ1n) is 21.3. The molecule has 4 amide bonds. The Kier molecular flexibility index (Phi) is 17.9. The lowest BCUT2D eigenvalue weighted by Gasteiger charge is -2.40. The molecule has 0 aliphatic carbocycles. The molecule has 6 atom stereocenters. The maximum Gasteiger partial charge on any atom is 0.246 e. The zero-order valence-electron chi connectivity index (χ0n) is 36.1. The van der Waals surface area contributed by atoms with E-state index in [0.29, 0.717) is 65.0 Å². The number of morpholine rings is 1. The van der Waals surface area contributed by atoms with Gasteiger partial charge in [0, 0.05) is 25.6 Å². The van der Waals surface area contributed by atoms with Crippen molar-refractivity contribution in [2.45, 2.75) is 130 Å². The van der Waals surface area contributed by atoms with Crippen LogP contribution >= 0.6 is 0 Å². The number of nitrogens with one attached hydrogen (secondary N) is 3. The highest BCUT2D eigenvalue weighted by Crippen LogP contribution is 2.30. The number of nitrogens with zero attached hydrogens (tertiary/aromatic N) is 2. The molecule has 0 unspecified atom stereocenters. The molecule has 3 N–H and O–H groups in total. The third-order valence-electron chi connectivity index (χ3n) is 10.9. The van der Waals surface area contributed by atoms with Crippen molar-refractivity contribution < 1.29 is 33.4 Å². The van der Waals surface area contributed by atoms with Gasteiger partial charge >= 0.3 is 0 Å². The fourth-order valence-electron chi connectivity index (χ4n) is 7.78. The van der Waals surface area contributed by atoms with Crippen molar-refractivity contribution in [2.75, 3.05) is 39.5 Å². The van der Waals surface area contributed by atoms with Gasteiger partial charge in [0.05, 0.1) is 32.4 Å². The number of hydrogen-bond donors (Lipinski definition) is 3. The topological polar surface area (TPSA) is 150 Å². The molecule has 0 radical (unpaired) electrons. The van der Waals surface area contributed by atoms with Gasteiger partial charge in [0.15, 0.2) is 5.78 Å². The van der Waals surface area contributed by atoms with Gasteiger partial charge in [-0.1, -0.05) is 102 Å². The molecule has 58 heavy (non-hydrogen) atoms. The number of rotatable bonds is 23. The smallest absolute Gasteiger partial charge is 0.246 e. The molecule has 0 saturated carbocycles. The van der Waals surface area contributed by atoms with E-state index >= 15 is 4.79 Å². The normalized spacial score (nSPS) is 19.5. The highest BCUT2D eigenvalue weighted by atomic mass is 16.6. The molecule has 4 rings (SSSR count). The van der Waals surface area contributed by atoms with Crippen molar-refractivity contribution in [1.29, 1.82) is 0 Å². The summed E-state index contributed by atoms with van der Waals surface area (Å²) in [6.45, 7) is 18.6. The highest BCUT2D eigenvalue weighted by molar-refractivity contribution is 5.99. The summed E-state index contributed by atoms with van der Waals surface area (Å²) in [6, 6.07) is 15.2. The molecule has 2 aliphatic rings. The minimum Gasteiger partial charge on any atom is -0.379 e. The lowest BCUT2D eigenvalue weighted by atomic mass is 9.92. The van der Waals surface area contributed by atoms with Crippen molar-refractivity contribution in [2.24, 2.45) is 17.8 Å². The van der Waals surface area contributed by atoms with E-state index in [-0.39, 0.29) is 54.4 Å². The van der Waals surface area contributed by atoms with Crippen molar-refractivity contribution in [3.8, 4) is 0 Å². The zero-order chi connectivity index (χ0) is 42.4. The highest BCUT2D eigenvalue weighted by Gasteiger charge is 2.50. The fraction of sp³-hybridized carbons (Fsp3) is 0.630. The maximum atomic E-state index is 15.1. The van der Waals surface area contributed by atoms with Gasteiger partial charge in [-0.2, -0.15) is 0 Å². The Bertz CT molecular complexity index is 1630. The minimum atomic E-state index is -1.04. The van der Waals surface area contributed by atoms with Crippen LogP contribution in [0.5, 0.6) is 0 Å². The number of carbonyl (C=O) groups is 5. The average molecular weight is 804 g/mol. The molecule has 2 aromatic carbocycles. The monoisotopic (exact) mass is 804 g/mol. The quantitative estimate of drug-likeness (QED) is 0.137. The molecule has 2 heterocycles. The first-order valence-corrected chi connectivity index (χ1v) is 21.3. The van der Waals surface area contributed by atoms with Gasteiger partial charge in [-0.15, -0.1) is 0 Å². The van der Waals surface area contributed by atoms with Crippen molar-refractivity contribution in [3.63, 3.8) is 0 Å². The number of ketones is 1. The lowest BCUT2D eigenvalue weighted by molar-refractivity contribution is -0.147. The molecule has 0 bridgehead atoms. The summed E-state index contributed by atoms with van der Waals surface area (Å²) in [6.07, 6.45) is 2.43. The number of Topliss-reactive ketones (excluding diaryl/α,β-unsaturated/α-hetero) is 1. The van der Waals surface area contributed by atoms with Gasteiger partial charge in [0.25, 0.3) is 0 Å². The SMILES string of the molecule is CC(C)C[C@H](NC(=O)[C@H](Cc1ccccc1)NC(=O)[C@H](CC(C)C)N(C(=O)[C@H](CCc1ccccc1)NC(=O)CN1CCOCC1)[C@@H](C)CC(C)C)C(=O)[C@@]1(C)CO1. The lowest BCUT2D eigenvalue weighted by Crippen LogP contribution is -2.62. The predicted octanol–water partition coefficient (Wildman–Crippen LogP) is 4.73. The first kappa shape index (κ1) is 46.6. The van der Waals surface area contributed by atoms with E-state index in [9.17, 15) is 19.2 Å². The van der Waals surface area contributed by atoms with Crippen LogP contribution in [0.3, 0.4) is 0 Å². The van der Waals surface area contributed by atoms with Crippen LogP contribution in [0.15, 0.2) is 60.7 Å². The molecule has 0 aromatic heterocycles. The molecule has 12 nitrogen and oxygen atoms in total. The maximum absolute atomic E-state index is 15.1. The minimum absolute atomic E-state index is 0.00436. The van der Waals surface area contributed by atoms with Gasteiger partial charge in [0.1, 0.15) is 23.7 Å². The van der Waals surface area contributed by atoms with Crippen LogP contribution in [0.1, 0.15) is 92.2 Å². The average Bonchev–Trinajstić information content (AvgIpc) is 3.93. The van der Waals surface area contributed by atoms with Crippen LogP contribution < -0.4 is 16.0 Å². The Morgan fingerprint density at radius 3 is 1.81 bits per heavy atom. The Labute approximate surface area is 346 Å². The Morgan fingerprint density at radius 2 is 1.26 bits per heavy atom. The van der Waals surface area contributed by atoms with Crippen LogP contribution in [0.2, 0.25) is 0 Å². The molecule has 320 valence electrons. The summed E-state index contributed by atoms with van der Waals surface area (Å²) in [5.74, 6) is -1.39. The third-order valence-corrected chi connectivity index (χ3v) is 10.9. The number of epoxide rings is 1. The van der Waals surface area contributed by atoms with E-state index in [4.69, 9.17) is 9.47 Å². The van der Waals surface area contributed by atoms with Gasteiger partial charge in [-0.3, -0.25) is 28.9 Å². The number of ether oxygens (including phenoxy) is 2.